The molecule has 5 heteroatoms. The van der Waals surface area contributed by atoms with E-state index in [1.807, 2.05) is 35.2 Å². The van der Waals surface area contributed by atoms with E-state index in [1.165, 1.54) is 0 Å². The lowest BCUT2D eigenvalue weighted by Gasteiger charge is -2.25. The van der Waals surface area contributed by atoms with Crippen molar-refractivity contribution >= 4 is 16.7 Å². The maximum absolute atomic E-state index is 13.1. The molecule has 0 bridgehead atoms. The van der Waals surface area contributed by atoms with E-state index in [2.05, 4.69) is 4.98 Å². The van der Waals surface area contributed by atoms with Gasteiger partial charge in [0.2, 0.25) is 5.88 Å². The number of ether oxygens (including phenoxy) is 2. The fraction of sp³-hybridized carbons (Fsp3) is 0.474. The van der Waals surface area contributed by atoms with Gasteiger partial charge in [-0.2, -0.15) is 0 Å². The fourth-order valence-corrected chi connectivity index (χ4v) is 3.37. The highest BCUT2D eigenvalue weighted by Gasteiger charge is 2.36. The number of pyridine rings is 1. The molecule has 0 N–H and O–H groups in total. The van der Waals surface area contributed by atoms with Crippen molar-refractivity contribution < 1.29 is 14.3 Å². The zero-order chi connectivity index (χ0) is 16.5. The predicted octanol–water partition coefficient (Wildman–Crippen LogP) is 2.88. The highest BCUT2D eigenvalue weighted by Crippen LogP contribution is 2.31. The number of aromatic nitrogens is 1. The number of fused-ring (bicyclic) bond motifs is 1. The Labute approximate surface area is 141 Å². The van der Waals surface area contributed by atoms with Crippen LogP contribution in [0, 0.1) is 5.92 Å². The summed E-state index contributed by atoms with van der Waals surface area (Å²) in [6.07, 6.45) is 3.21. The first-order valence-electron chi connectivity index (χ1n) is 8.59. The minimum absolute atomic E-state index is 0.00783. The Morgan fingerprint density at radius 3 is 2.88 bits per heavy atom. The molecule has 1 saturated carbocycles. The average Bonchev–Trinajstić information content (AvgIpc) is 3.34. The van der Waals surface area contributed by atoms with Crippen molar-refractivity contribution in [2.24, 2.45) is 5.92 Å². The van der Waals surface area contributed by atoms with Crippen LogP contribution in [0.5, 0.6) is 5.88 Å². The fourth-order valence-electron chi connectivity index (χ4n) is 3.37. The summed E-state index contributed by atoms with van der Waals surface area (Å²) in [6, 6.07) is 10.1. The molecule has 5 nitrogen and oxygen atoms in total. The van der Waals surface area contributed by atoms with Crippen LogP contribution in [0.4, 0.5) is 0 Å². The number of carbonyl (C=O) groups is 1. The Kier molecular flexibility index (Phi) is 4.10. The maximum atomic E-state index is 13.1. The van der Waals surface area contributed by atoms with Crippen LogP contribution < -0.4 is 4.74 Å². The van der Waals surface area contributed by atoms with Crippen molar-refractivity contribution in [1.29, 1.82) is 0 Å². The molecule has 2 aromatic rings. The van der Waals surface area contributed by atoms with Gasteiger partial charge in [0, 0.05) is 30.5 Å². The molecule has 126 valence electrons. The molecule has 4 rings (SSSR count). The second-order valence-electron chi connectivity index (χ2n) is 6.66. The SMILES string of the molecule is COc1nc(C(=O)N(C[C@@H]2CCOC2)C2CC2)cc2ccccc12. The lowest BCUT2D eigenvalue weighted by Crippen LogP contribution is -2.38. The first-order valence-corrected chi connectivity index (χ1v) is 8.59. The lowest BCUT2D eigenvalue weighted by molar-refractivity contribution is 0.0699. The van der Waals surface area contributed by atoms with Gasteiger partial charge in [0.15, 0.2) is 0 Å². The van der Waals surface area contributed by atoms with Gasteiger partial charge in [-0.3, -0.25) is 4.79 Å². The third kappa shape index (κ3) is 2.96. The van der Waals surface area contributed by atoms with Crippen LogP contribution in [0.25, 0.3) is 10.8 Å². The molecule has 1 saturated heterocycles. The van der Waals surface area contributed by atoms with Crippen LogP contribution in [0.15, 0.2) is 30.3 Å². The number of nitrogens with zero attached hydrogens (tertiary/aromatic N) is 2. The van der Waals surface area contributed by atoms with Crippen molar-refractivity contribution in [3.05, 3.63) is 36.0 Å². The zero-order valence-electron chi connectivity index (χ0n) is 13.9. The number of methoxy groups -OCH3 is 1. The van der Waals surface area contributed by atoms with E-state index in [0.717, 1.165) is 49.8 Å². The van der Waals surface area contributed by atoms with E-state index >= 15 is 0 Å². The molecule has 2 fully saturated rings. The normalized spacial score (nSPS) is 20.3. The molecule has 1 aromatic heterocycles. The Bertz CT molecular complexity index is 751. The maximum Gasteiger partial charge on any atom is 0.272 e. The summed E-state index contributed by atoms with van der Waals surface area (Å²) < 4.78 is 10.9. The Balaban J connectivity index is 1.65. The first-order chi connectivity index (χ1) is 11.8. The van der Waals surface area contributed by atoms with E-state index < -0.39 is 0 Å². The zero-order valence-corrected chi connectivity index (χ0v) is 13.9. The Morgan fingerprint density at radius 2 is 2.17 bits per heavy atom. The topological polar surface area (TPSA) is 51.7 Å². The summed E-state index contributed by atoms with van der Waals surface area (Å²) >= 11 is 0. The lowest BCUT2D eigenvalue weighted by atomic mass is 10.1. The van der Waals surface area contributed by atoms with E-state index in [4.69, 9.17) is 9.47 Å². The standard InChI is InChI=1S/C19H22N2O3/c1-23-18-16-5-3-2-4-14(16)10-17(20-18)19(22)21(15-6-7-15)11-13-8-9-24-12-13/h2-5,10,13,15H,6-9,11-12H2,1H3/t13-/m0/s1. The van der Waals surface area contributed by atoms with Gasteiger partial charge in [0.25, 0.3) is 5.91 Å². The van der Waals surface area contributed by atoms with Crippen LogP contribution in [0.2, 0.25) is 0 Å². The van der Waals surface area contributed by atoms with E-state index in [0.29, 0.717) is 23.5 Å². The molecule has 0 radical (unpaired) electrons. The minimum Gasteiger partial charge on any atom is -0.481 e. The van der Waals surface area contributed by atoms with Crippen LogP contribution >= 0.6 is 0 Å². The number of benzene rings is 1. The van der Waals surface area contributed by atoms with Crippen molar-refractivity contribution in [2.75, 3.05) is 26.9 Å². The average molecular weight is 326 g/mol. The first kappa shape index (κ1) is 15.4. The summed E-state index contributed by atoms with van der Waals surface area (Å²) in [4.78, 5) is 19.6. The molecule has 2 heterocycles. The summed E-state index contributed by atoms with van der Waals surface area (Å²) in [6.45, 7) is 2.32. The van der Waals surface area contributed by atoms with Gasteiger partial charge in [-0.15, -0.1) is 0 Å². The van der Waals surface area contributed by atoms with Crippen LogP contribution in [-0.4, -0.2) is 48.7 Å². The molecular formula is C19H22N2O3. The molecule has 1 atom stereocenters. The number of rotatable bonds is 5. The molecule has 24 heavy (non-hydrogen) atoms. The molecule has 1 aromatic carbocycles. The highest BCUT2D eigenvalue weighted by molar-refractivity contribution is 5.98. The van der Waals surface area contributed by atoms with Crippen molar-refractivity contribution in [1.82, 2.24) is 9.88 Å². The molecule has 1 aliphatic heterocycles. The van der Waals surface area contributed by atoms with Gasteiger partial charge in [0.1, 0.15) is 5.69 Å². The summed E-state index contributed by atoms with van der Waals surface area (Å²) in [5.74, 6) is 0.960. The second-order valence-corrected chi connectivity index (χ2v) is 6.66. The van der Waals surface area contributed by atoms with Gasteiger partial charge >= 0.3 is 0 Å². The highest BCUT2D eigenvalue weighted by atomic mass is 16.5. The van der Waals surface area contributed by atoms with E-state index in [1.54, 1.807) is 7.11 Å². The number of hydrogen-bond donors (Lipinski definition) is 0. The number of hydrogen-bond acceptors (Lipinski definition) is 4. The third-order valence-corrected chi connectivity index (χ3v) is 4.85. The van der Waals surface area contributed by atoms with Crippen molar-refractivity contribution in [3.8, 4) is 5.88 Å². The van der Waals surface area contributed by atoms with Gasteiger partial charge in [-0.05, 0) is 36.8 Å². The summed E-state index contributed by atoms with van der Waals surface area (Å²) in [7, 11) is 1.59. The summed E-state index contributed by atoms with van der Waals surface area (Å²) in [5, 5.41) is 1.91. The number of carbonyl (C=O) groups excluding carboxylic acids is 1. The predicted molar refractivity (Wildman–Crippen MR) is 91.3 cm³/mol. The summed E-state index contributed by atoms with van der Waals surface area (Å²) in [5.41, 5.74) is 0.469. The number of amides is 1. The molecule has 1 aliphatic carbocycles. The monoisotopic (exact) mass is 326 g/mol. The van der Waals surface area contributed by atoms with Gasteiger partial charge < -0.3 is 14.4 Å². The Hall–Kier alpha value is -2.14. The molecule has 0 unspecified atom stereocenters. The molecule has 1 amide bonds. The molecule has 0 spiro atoms. The van der Waals surface area contributed by atoms with Crippen molar-refractivity contribution in [2.45, 2.75) is 25.3 Å². The van der Waals surface area contributed by atoms with Crippen LogP contribution in [0.3, 0.4) is 0 Å². The Morgan fingerprint density at radius 1 is 1.33 bits per heavy atom. The van der Waals surface area contributed by atoms with E-state index in [-0.39, 0.29) is 5.91 Å². The largest absolute Gasteiger partial charge is 0.481 e. The molecular weight excluding hydrogens is 304 g/mol. The van der Waals surface area contributed by atoms with Crippen LogP contribution in [0.1, 0.15) is 29.8 Å². The molecule has 2 aliphatic rings. The quantitative estimate of drug-likeness (QED) is 0.848. The van der Waals surface area contributed by atoms with E-state index in [9.17, 15) is 4.79 Å². The minimum atomic E-state index is 0.00783. The van der Waals surface area contributed by atoms with Crippen LogP contribution in [-0.2, 0) is 4.74 Å². The second kappa shape index (κ2) is 6.40. The van der Waals surface area contributed by atoms with Gasteiger partial charge in [-0.25, -0.2) is 4.98 Å². The smallest absolute Gasteiger partial charge is 0.272 e. The van der Waals surface area contributed by atoms with Gasteiger partial charge in [-0.1, -0.05) is 18.2 Å². The van der Waals surface area contributed by atoms with Gasteiger partial charge in [0.05, 0.1) is 13.7 Å². The third-order valence-electron chi connectivity index (χ3n) is 4.85. The van der Waals surface area contributed by atoms with Crippen molar-refractivity contribution in [3.63, 3.8) is 0 Å².